The summed E-state index contributed by atoms with van der Waals surface area (Å²) in [5.74, 6) is 1.01. The van der Waals surface area contributed by atoms with Crippen LogP contribution in [0.3, 0.4) is 0 Å². The summed E-state index contributed by atoms with van der Waals surface area (Å²) in [4.78, 5) is 15.0. The van der Waals surface area contributed by atoms with Gasteiger partial charge in [-0.15, -0.1) is 0 Å². The average Bonchev–Trinajstić information content (AvgIpc) is 3.18. The Balaban J connectivity index is 1.58. The van der Waals surface area contributed by atoms with Gasteiger partial charge < -0.3 is 24.0 Å². The molecule has 1 aliphatic heterocycles. The fourth-order valence-electron chi connectivity index (χ4n) is 3.67. The van der Waals surface area contributed by atoms with Crippen LogP contribution in [0, 0.1) is 6.92 Å². The van der Waals surface area contributed by atoms with E-state index in [1.807, 2.05) is 22.9 Å². The molecule has 1 amide bonds. The quantitative estimate of drug-likeness (QED) is 0.646. The molecule has 1 aromatic heterocycles. The maximum Gasteiger partial charge on any atom is 0.274 e. The topological polar surface area (TPSA) is 63.9 Å². The van der Waals surface area contributed by atoms with Crippen LogP contribution in [0.15, 0.2) is 54.7 Å². The van der Waals surface area contributed by atoms with Crippen molar-refractivity contribution in [2.24, 2.45) is 0 Å². The average molecular weight is 421 g/mol. The summed E-state index contributed by atoms with van der Waals surface area (Å²) in [5.41, 5.74) is 3.82. The SMILES string of the molecule is COc1cc(N2CCn3cc(-c4ccc(C)cc4)cc3C2=O)ccc1OCC(C)(C)O. The molecule has 3 aromatic rings. The second kappa shape index (κ2) is 8.12. The van der Waals surface area contributed by atoms with Crippen molar-refractivity contribution < 1.29 is 19.4 Å². The molecule has 0 saturated heterocycles. The number of carbonyl (C=O) groups is 1. The zero-order chi connectivity index (χ0) is 22.2. The number of fused-ring (bicyclic) bond motifs is 1. The number of methoxy groups -OCH3 is 1. The Morgan fingerprint density at radius 2 is 1.74 bits per heavy atom. The van der Waals surface area contributed by atoms with E-state index in [-0.39, 0.29) is 12.5 Å². The van der Waals surface area contributed by atoms with Crippen molar-refractivity contribution in [3.05, 3.63) is 66.0 Å². The van der Waals surface area contributed by atoms with Crippen molar-refractivity contribution >= 4 is 11.6 Å². The molecule has 2 heterocycles. The molecule has 6 nitrogen and oxygen atoms in total. The number of hydrogen-bond donors (Lipinski definition) is 1. The number of ether oxygens (including phenoxy) is 2. The van der Waals surface area contributed by atoms with Gasteiger partial charge in [-0.25, -0.2) is 0 Å². The maximum absolute atomic E-state index is 13.3. The Morgan fingerprint density at radius 1 is 1.00 bits per heavy atom. The third-order valence-corrected chi connectivity index (χ3v) is 5.35. The molecule has 31 heavy (non-hydrogen) atoms. The summed E-state index contributed by atoms with van der Waals surface area (Å²) in [6.07, 6.45) is 2.05. The number of aromatic nitrogens is 1. The lowest BCUT2D eigenvalue weighted by molar-refractivity contribution is 0.0276. The van der Waals surface area contributed by atoms with E-state index in [1.54, 1.807) is 38.0 Å². The number of aryl methyl sites for hydroxylation is 1. The molecule has 0 spiro atoms. The maximum atomic E-state index is 13.3. The Morgan fingerprint density at radius 3 is 2.42 bits per heavy atom. The monoisotopic (exact) mass is 420 g/mol. The fraction of sp³-hybridized carbons (Fsp3) is 0.320. The summed E-state index contributed by atoms with van der Waals surface area (Å²) in [6, 6.07) is 15.7. The Hall–Kier alpha value is -3.25. The first-order valence-corrected chi connectivity index (χ1v) is 10.4. The molecule has 0 fully saturated rings. The predicted molar refractivity (Wildman–Crippen MR) is 121 cm³/mol. The van der Waals surface area contributed by atoms with Crippen LogP contribution < -0.4 is 14.4 Å². The molecule has 1 N–H and O–H groups in total. The van der Waals surface area contributed by atoms with E-state index >= 15 is 0 Å². The summed E-state index contributed by atoms with van der Waals surface area (Å²) >= 11 is 0. The number of anilines is 1. The number of aliphatic hydroxyl groups is 1. The normalized spacial score (nSPS) is 13.8. The van der Waals surface area contributed by atoms with Crippen LogP contribution in [0.1, 0.15) is 29.9 Å². The molecule has 0 saturated carbocycles. The molecule has 6 heteroatoms. The number of benzene rings is 2. The Bertz CT molecular complexity index is 1090. The van der Waals surface area contributed by atoms with Crippen LogP contribution in [0.4, 0.5) is 5.69 Å². The highest BCUT2D eigenvalue weighted by atomic mass is 16.5. The third kappa shape index (κ3) is 4.44. The van der Waals surface area contributed by atoms with Gasteiger partial charge in [-0.3, -0.25) is 4.79 Å². The van der Waals surface area contributed by atoms with Crippen LogP contribution in [-0.2, 0) is 6.54 Å². The van der Waals surface area contributed by atoms with Gasteiger partial charge >= 0.3 is 0 Å². The number of rotatable bonds is 6. The second-order valence-corrected chi connectivity index (χ2v) is 8.57. The summed E-state index contributed by atoms with van der Waals surface area (Å²) in [6.45, 7) is 6.85. The van der Waals surface area contributed by atoms with E-state index in [4.69, 9.17) is 9.47 Å². The van der Waals surface area contributed by atoms with Gasteiger partial charge in [0.1, 0.15) is 12.3 Å². The zero-order valence-electron chi connectivity index (χ0n) is 18.4. The van der Waals surface area contributed by atoms with Gasteiger partial charge in [-0.1, -0.05) is 29.8 Å². The highest BCUT2D eigenvalue weighted by Crippen LogP contribution is 2.34. The van der Waals surface area contributed by atoms with E-state index in [0.29, 0.717) is 30.3 Å². The highest BCUT2D eigenvalue weighted by Gasteiger charge is 2.27. The van der Waals surface area contributed by atoms with Gasteiger partial charge in [-0.05, 0) is 44.5 Å². The third-order valence-electron chi connectivity index (χ3n) is 5.35. The lowest BCUT2D eigenvalue weighted by Crippen LogP contribution is -2.39. The predicted octanol–water partition coefficient (Wildman–Crippen LogP) is 4.28. The van der Waals surface area contributed by atoms with Crippen molar-refractivity contribution in [2.75, 3.05) is 25.2 Å². The molecule has 4 rings (SSSR count). The molecule has 162 valence electrons. The van der Waals surface area contributed by atoms with Gasteiger partial charge in [0.15, 0.2) is 11.5 Å². The summed E-state index contributed by atoms with van der Waals surface area (Å²) in [7, 11) is 1.56. The number of hydrogen-bond acceptors (Lipinski definition) is 4. The second-order valence-electron chi connectivity index (χ2n) is 8.57. The molecular formula is C25H28N2O4. The lowest BCUT2D eigenvalue weighted by atomic mass is 10.1. The highest BCUT2D eigenvalue weighted by molar-refractivity contribution is 6.06. The standard InChI is InChI=1S/C25H28N2O4/c1-17-5-7-18(8-6-17)19-13-21-24(28)27(12-11-26(21)15-19)20-9-10-22(23(14-20)30-4)31-16-25(2,3)29/h5-10,13-15,29H,11-12,16H2,1-4H3. The molecule has 0 aliphatic carbocycles. The minimum Gasteiger partial charge on any atom is -0.493 e. The first-order valence-electron chi connectivity index (χ1n) is 10.4. The summed E-state index contributed by atoms with van der Waals surface area (Å²) in [5, 5.41) is 9.91. The van der Waals surface area contributed by atoms with Crippen LogP contribution >= 0.6 is 0 Å². The summed E-state index contributed by atoms with van der Waals surface area (Å²) < 4.78 is 13.2. The Labute approximate surface area is 182 Å². The van der Waals surface area contributed by atoms with Crippen LogP contribution in [0.25, 0.3) is 11.1 Å². The minimum atomic E-state index is -0.951. The van der Waals surface area contributed by atoms with Crippen LogP contribution in [-0.4, -0.2) is 41.4 Å². The van der Waals surface area contributed by atoms with Crippen molar-refractivity contribution in [3.63, 3.8) is 0 Å². The van der Waals surface area contributed by atoms with Crippen molar-refractivity contribution in [1.29, 1.82) is 0 Å². The number of amides is 1. The van der Waals surface area contributed by atoms with Gasteiger partial charge in [0.25, 0.3) is 5.91 Å². The van der Waals surface area contributed by atoms with Crippen LogP contribution in [0.5, 0.6) is 11.5 Å². The molecule has 0 atom stereocenters. The molecule has 0 bridgehead atoms. The van der Waals surface area contributed by atoms with Gasteiger partial charge in [-0.2, -0.15) is 0 Å². The molecule has 2 aromatic carbocycles. The van der Waals surface area contributed by atoms with Gasteiger partial charge in [0.2, 0.25) is 0 Å². The van der Waals surface area contributed by atoms with Gasteiger partial charge in [0.05, 0.1) is 12.7 Å². The van der Waals surface area contributed by atoms with E-state index in [0.717, 1.165) is 16.8 Å². The first kappa shape index (κ1) is 21.0. The van der Waals surface area contributed by atoms with E-state index in [2.05, 4.69) is 31.2 Å². The minimum absolute atomic E-state index is 0.0446. The zero-order valence-corrected chi connectivity index (χ0v) is 18.4. The number of nitrogens with zero attached hydrogens (tertiary/aromatic N) is 2. The molecular weight excluding hydrogens is 392 g/mol. The lowest BCUT2D eigenvalue weighted by Gasteiger charge is -2.29. The van der Waals surface area contributed by atoms with Crippen LogP contribution in [0.2, 0.25) is 0 Å². The largest absolute Gasteiger partial charge is 0.493 e. The smallest absolute Gasteiger partial charge is 0.274 e. The van der Waals surface area contributed by atoms with E-state index in [9.17, 15) is 9.90 Å². The molecule has 1 aliphatic rings. The van der Waals surface area contributed by atoms with Crippen molar-refractivity contribution in [2.45, 2.75) is 32.9 Å². The van der Waals surface area contributed by atoms with Crippen molar-refractivity contribution in [3.8, 4) is 22.6 Å². The first-order chi connectivity index (χ1) is 14.7. The molecule has 0 unspecified atom stereocenters. The van der Waals surface area contributed by atoms with Crippen molar-refractivity contribution in [1.82, 2.24) is 4.57 Å². The fourth-order valence-corrected chi connectivity index (χ4v) is 3.67. The number of carbonyl (C=O) groups excluding carboxylic acids is 1. The van der Waals surface area contributed by atoms with Gasteiger partial charge in [0, 0.05) is 36.6 Å². The van der Waals surface area contributed by atoms with E-state index < -0.39 is 5.60 Å². The molecule has 0 radical (unpaired) electrons. The Kier molecular flexibility index (Phi) is 5.50. The van der Waals surface area contributed by atoms with E-state index in [1.165, 1.54) is 5.56 Å².